The Kier molecular flexibility index (Phi) is 4.92. The van der Waals surface area contributed by atoms with Gasteiger partial charge in [0.05, 0.1) is 11.4 Å². The molecule has 1 aromatic carbocycles. The Morgan fingerprint density at radius 3 is 2.63 bits per heavy atom. The summed E-state index contributed by atoms with van der Waals surface area (Å²) in [5.41, 5.74) is 5.11. The number of benzene rings is 1. The number of sulfonamides is 1. The van der Waals surface area contributed by atoms with Gasteiger partial charge >= 0.3 is 0 Å². The Hall–Kier alpha value is -1.58. The van der Waals surface area contributed by atoms with Gasteiger partial charge in [-0.3, -0.25) is 4.79 Å². The maximum Gasteiger partial charge on any atom is 0.241 e. The highest BCUT2D eigenvalue weighted by molar-refractivity contribution is 7.89. The quantitative estimate of drug-likeness (QED) is 0.636. The van der Waals surface area contributed by atoms with E-state index in [1.165, 1.54) is 7.05 Å². The fourth-order valence-corrected chi connectivity index (χ4v) is 2.36. The van der Waals surface area contributed by atoms with E-state index in [9.17, 15) is 17.6 Å². The zero-order valence-electron chi connectivity index (χ0n) is 9.94. The molecule has 1 rings (SSSR count). The SMILES string of the molecule is CNC(=O)CNS(=O)(=O)c1ccc(F)c(C(N)=S)c1. The molecule has 0 aliphatic carbocycles. The van der Waals surface area contributed by atoms with Gasteiger partial charge in [-0.25, -0.2) is 17.5 Å². The van der Waals surface area contributed by atoms with Gasteiger partial charge in [0, 0.05) is 12.6 Å². The highest BCUT2D eigenvalue weighted by Gasteiger charge is 2.17. The van der Waals surface area contributed by atoms with Crippen LogP contribution >= 0.6 is 12.2 Å². The Morgan fingerprint density at radius 2 is 2.11 bits per heavy atom. The van der Waals surface area contributed by atoms with E-state index in [0.717, 1.165) is 18.2 Å². The summed E-state index contributed by atoms with van der Waals surface area (Å²) in [6, 6.07) is 3.02. The zero-order chi connectivity index (χ0) is 14.6. The van der Waals surface area contributed by atoms with Crippen molar-refractivity contribution in [2.24, 2.45) is 5.73 Å². The number of hydrogen-bond acceptors (Lipinski definition) is 4. The van der Waals surface area contributed by atoms with Crippen molar-refractivity contribution in [2.45, 2.75) is 4.90 Å². The highest BCUT2D eigenvalue weighted by atomic mass is 32.2. The minimum atomic E-state index is -3.93. The minimum Gasteiger partial charge on any atom is -0.389 e. The van der Waals surface area contributed by atoms with E-state index in [4.69, 9.17) is 5.73 Å². The van der Waals surface area contributed by atoms with Crippen molar-refractivity contribution in [3.8, 4) is 0 Å². The summed E-state index contributed by atoms with van der Waals surface area (Å²) in [6.45, 7) is -0.418. The van der Waals surface area contributed by atoms with E-state index >= 15 is 0 Å². The molecule has 0 aliphatic heterocycles. The lowest BCUT2D eigenvalue weighted by Crippen LogP contribution is -2.35. The summed E-state index contributed by atoms with van der Waals surface area (Å²) in [6.07, 6.45) is 0. The van der Waals surface area contributed by atoms with E-state index in [-0.39, 0.29) is 15.4 Å². The number of hydrogen-bond donors (Lipinski definition) is 3. The van der Waals surface area contributed by atoms with Crippen LogP contribution in [-0.2, 0) is 14.8 Å². The number of carbonyl (C=O) groups excluding carboxylic acids is 1. The second-order valence-electron chi connectivity index (χ2n) is 3.50. The zero-order valence-corrected chi connectivity index (χ0v) is 11.6. The predicted octanol–water partition coefficient (Wildman–Crippen LogP) is -0.516. The second-order valence-corrected chi connectivity index (χ2v) is 5.71. The lowest BCUT2D eigenvalue weighted by molar-refractivity contribution is -0.119. The molecule has 0 unspecified atom stereocenters. The molecular weight excluding hydrogens is 293 g/mol. The topological polar surface area (TPSA) is 101 Å². The van der Waals surface area contributed by atoms with Gasteiger partial charge in [-0.15, -0.1) is 0 Å². The first-order valence-electron chi connectivity index (χ1n) is 5.07. The first kappa shape index (κ1) is 15.5. The van der Waals surface area contributed by atoms with Crippen LogP contribution in [0.1, 0.15) is 5.56 Å². The second kappa shape index (κ2) is 6.04. The summed E-state index contributed by atoms with van der Waals surface area (Å²) in [5.74, 6) is -1.21. The molecule has 0 aromatic heterocycles. The van der Waals surface area contributed by atoms with Crippen molar-refractivity contribution in [3.05, 3.63) is 29.6 Å². The molecule has 1 amide bonds. The lowest BCUT2D eigenvalue weighted by atomic mass is 10.2. The standard InChI is InChI=1S/C10H12FN3O3S2/c1-13-9(15)5-14-19(16,17)6-2-3-8(11)7(4-6)10(12)18/h2-4,14H,5H2,1H3,(H2,12,18)(H,13,15). The van der Waals surface area contributed by atoms with Crippen LogP contribution in [0.4, 0.5) is 4.39 Å². The van der Waals surface area contributed by atoms with E-state index < -0.39 is 28.3 Å². The number of thiocarbonyl (C=S) groups is 1. The summed E-state index contributed by atoms with van der Waals surface area (Å²) in [7, 11) is -2.56. The molecule has 0 spiro atoms. The average Bonchev–Trinajstić information content (AvgIpc) is 2.35. The van der Waals surface area contributed by atoms with E-state index in [1.807, 2.05) is 0 Å². The monoisotopic (exact) mass is 305 g/mol. The molecular formula is C10H12FN3O3S2. The Labute approximate surface area is 115 Å². The van der Waals surface area contributed by atoms with Gasteiger partial charge in [0.25, 0.3) is 0 Å². The molecule has 0 atom stereocenters. The summed E-state index contributed by atoms with van der Waals surface area (Å²) < 4.78 is 39.1. The molecule has 0 radical (unpaired) electrons. The van der Waals surface area contributed by atoms with Crippen molar-refractivity contribution in [1.82, 2.24) is 10.0 Å². The minimum absolute atomic E-state index is 0.169. The lowest BCUT2D eigenvalue weighted by Gasteiger charge is -2.08. The van der Waals surface area contributed by atoms with E-state index in [0.29, 0.717) is 0 Å². The fraction of sp³-hybridized carbons (Fsp3) is 0.200. The van der Waals surface area contributed by atoms with E-state index in [2.05, 4.69) is 22.3 Å². The Balaban J connectivity index is 3.05. The first-order valence-corrected chi connectivity index (χ1v) is 6.96. The van der Waals surface area contributed by atoms with Gasteiger partial charge < -0.3 is 11.1 Å². The normalized spacial score (nSPS) is 11.1. The van der Waals surface area contributed by atoms with Gasteiger partial charge in [0.2, 0.25) is 15.9 Å². The number of nitrogens with two attached hydrogens (primary N) is 1. The van der Waals surface area contributed by atoms with Crippen LogP contribution in [0, 0.1) is 5.82 Å². The third kappa shape index (κ3) is 3.94. The molecule has 4 N–H and O–H groups in total. The van der Waals surface area contributed by atoms with Crippen LogP contribution in [-0.4, -0.2) is 32.9 Å². The van der Waals surface area contributed by atoms with Gasteiger partial charge in [-0.05, 0) is 18.2 Å². The van der Waals surface area contributed by atoms with Crippen molar-refractivity contribution in [3.63, 3.8) is 0 Å². The van der Waals surface area contributed by atoms with Crippen LogP contribution in [0.5, 0.6) is 0 Å². The molecule has 0 heterocycles. The first-order chi connectivity index (χ1) is 8.77. The van der Waals surface area contributed by atoms with Gasteiger partial charge in [0.15, 0.2) is 0 Å². The van der Waals surface area contributed by atoms with Gasteiger partial charge in [-0.2, -0.15) is 0 Å². The highest BCUT2D eigenvalue weighted by Crippen LogP contribution is 2.14. The summed E-state index contributed by atoms with van der Waals surface area (Å²) in [4.78, 5) is 10.5. The maximum atomic E-state index is 13.3. The number of rotatable bonds is 5. The number of nitrogens with one attached hydrogen (secondary N) is 2. The van der Waals surface area contributed by atoms with Gasteiger partial charge in [0.1, 0.15) is 10.8 Å². The third-order valence-electron chi connectivity index (χ3n) is 2.22. The van der Waals surface area contributed by atoms with E-state index in [1.54, 1.807) is 0 Å². The van der Waals surface area contributed by atoms with Crippen LogP contribution in [0.3, 0.4) is 0 Å². The molecule has 1 aromatic rings. The fourth-order valence-electron chi connectivity index (χ4n) is 1.19. The largest absolute Gasteiger partial charge is 0.389 e. The Morgan fingerprint density at radius 1 is 1.47 bits per heavy atom. The molecule has 0 bridgehead atoms. The number of carbonyl (C=O) groups is 1. The predicted molar refractivity (Wildman–Crippen MR) is 71.5 cm³/mol. The average molecular weight is 305 g/mol. The molecule has 19 heavy (non-hydrogen) atoms. The third-order valence-corrected chi connectivity index (χ3v) is 3.83. The smallest absolute Gasteiger partial charge is 0.241 e. The molecule has 6 nitrogen and oxygen atoms in total. The van der Waals surface area contributed by atoms with Crippen LogP contribution in [0.2, 0.25) is 0 Å². The molecule has 0 saturated carbocycles. The van der Waals surface area contributed by atoms with Crippen molar-refractivity contribution in [1.29, 1.82) is 0 Å². The van der Waals surface area contributed by atoms with Crippen LogP contribution in [0.25, 0.3) is 0 Å². The van der Waals surface area contributed by atoms with Crippen LogP contribution in [0.15, 0.2) is 23.1 Å². The number of likely N-dealkylation sites (N-methyl/N-ethyl adjacent to an activating group) is 1. The van der Waals surface area contributed by atoms with Crippen molar-refractivity contribution >= 4 is 33.1 Å². The maximum absolute atomic E-state index is 13.3. The van der Waals surface area contributed by atoms with Crippen molar-refractivity contribution in [2.75, 3.05) is 13.6 Å². The molecule has 0 saturated heterocycles. The summed E-state index contributed by atoms with van der Waals surface area (Å²) in [5, 5.41) is 2.26. The molecule has 0 aliphatic rings. The molecule has 104 valence electrons. The summed E-state index contributed by atoms with van der Waals surface area (Å²) >= 11 is 4.62. The van der Waals surface area contributed by atoms with Crippen molar-refractivity contribution < 1.29 is 17.6 Å². The van der Waals surface area contributed by atoms with Gasteiger partial charge in [-0.1, -0.05) is 12.2 Å². The Bertz CT molecular complexity index is 616. The molecule has 0 fully saturated rings. The number of halogens is 1. The number of amides is 1. The molecule has 9 heteroatoms. The van der Waals surface area contributed by atoms with Crippen LogP contribution < -0.4 is 15.8 Å².